The maximum absolute atomic E-state index is 13.5. The standard InChI is InChI=1S/C19H18ClN3O2S/c1-10(2)14-9-13(17-11(3)22-25-18(17)21-14)19(24)23-6-7-26-16-5-4-12(20)8-15(16)23/h4-5,8-10H,6-7H2,1-3H3. The van der Waals surface area contributed by atoms with Crippen molar-refractivity contribution in [1.29, 1.82) is 0 Å². The van der Waals surface area contributed by atoms with Crippen LogP contribution in [-0.4, -0.2) is 28.3 Å². The van der Waals surface area contributed by atoms with Gasteiger partial charge in [-0.2, -0.15) is 0 Å². The number of hydrogen-bond donors (Lipinski definition) is 0. The highest BCUT2D eigenvalue weighted by molar-refractivity contribution is 7.99. The summed E-state index contributed by atoms with van der Waals surface area (Å²) >= 11 is 7.91. The number of anilines is 1. The van der Waals surface area contributed by atoms with Gasteiger partial charge in [-0.05, 0) is 37.1 Å². The highest BCUT2D eigenvalue weighted by atomic mass is 35.5. The smallest absolute Gasteiger partial charge is 0.259 e. The van der Waals surface area contributed by atoms with Gasteiger partial charge in [-0.15, -0.1) is 11.8 Å². The number of fused-ring (bicyclic) bond motifs is 2. The van der Waals surface area contributed by atoms with Crippen LogP contribution in [0.25, 0.3) is 11.1 Å². The van der Waals surface area contributed by atoms with Gasteiger partial charge in [0.05, 0.1) is 22.3 Å². The quantitative estimate of drug-likeness (QED) is 0.615. The second kappa shape index (κ2) is 6.59. The summed E-state index contributed by atoms with van der Waals surface area (Å²) in [6, 6.07) is 7.54. The Morgan fingerprint density at radius 3 is 2.92 bits per heavy atom. The van der Waals surface area contributed by atoms with E-state index in [-0.39, 0.29) is 11.8 Å². The molecule has 1 aliphatic heterocycles. The number of pyridine rings is 1. The molecule has 0 aliphatic carbocycles. The predicted molar refractivity (Wildman–Crippen MR) is 104 cm³/mol. The molecule has 2 aromatic heterocycles. The Kier molecular flexibility index (Phi) is 4.40. The van der Waals surface area contributed by atoms with Gasteiger partial charge in [0.2, 0.25) is 0 Å². The van der Waals surface area contributed by atoms with Crippen LogP contribution in [0.4, 0.5) is 5.69 Å². The van der Waals surface area contributed by atoms with Crippen molar-refractivity contribution >= 4 is 46.1 Å². The molecule has 134 valence electrons. The number of amides is 1. The maximum atomic E-state index is 13.5. The van der Waals surface area contributed by atoms with E-state index in [9.17, 15) is 4.79 Å². The van der Waals surface area contributed by atoms with Gasteiger partial charge in [0.15, 0.2) is 0 Å². The fourth-order valence-corrected chi connectivity index (χ4v) is 4.27. The van der Waals surface area contributed by atoms with Crippen LogP contribution in [0.3, 0.4) is 0 Å². The summed E-state index contributed by atoms with van der Waals surface area (Å²) in [6.07, 6.45) is 0. The van der Waals surface area contributed by atoms with E-state index >= 15 is 0 Å². The Hall–Kier alpha value is -2.05. The molecular formula is C19H18ClN3O2S. The van der Waals surface area contributed by atoms with Crippen molar-refractivity contribution in [3.05, 3.63) is 46.2 Å². The van der Waals surface area contributed by atoms with E-state index in [1.165, 1.54) is 0 Å². The zero-order valence-corrected chi connectivity index (χ0v) is 16.3. The molecule has 1 aromatic carbocycles. The first-order valence-corrected chi connectivity index (χ1v) is 9.83. The largest absolute Gasteiger partial charge is 0.336 e. The third-order valence-corrected chi connectivity index (χ3v) is 5.77. The molecule has 3 aromatic rings. The fourth-order valence-electron chi connectivity index (χ4n) is 3.13. The molecule has 1 aliphatic rings. The number of rotatable bonds is 2. The minimum absolute atomic E-state index is 0.0746. The van der Waals surface area contributed by atoms with Crippen molar-refractivity contribution in [2.24, 2.45) is 0 Å². The van der Waals surface area contributed by atoms with Gasteiger partial charge in [-0.1, -0.05) is 30.6 Å². The van der Waals surface area contributed by atoms with Crippen LogP contribution in [0, 0.1) is 6.92 Å². The summed E-state index contributed by atoms with van der Waals surface area (Å²) in [5.74, 6) is 0.943. The van der Waals surface area contributed by atoms with Crippen molar-refractivity contribution in [1.82, 2.24) is 10.1 Å². The molecule has 0 saturated carbocycles. The van der Waals surface area contributed by atoms with Crippen LogP contribution in [-0.2, 0) is 0 Å². The highest BCUT2D eigenvalue weighted by Gasteiger charge is 2.28. The third-order valence-electron chi connectivity index (χ3n) is 4.49. The molecule has 7 heteroatoms. The highest BCUT2D eigenvalue weighted by Crippen LogP contribution is 2.38. The summed E-state index contributed by atoms with van der Waals surface area (Å²) in [5, 5.41) is 5.31. The number of hydrogen-bond acceptors (Lipinski definition) is 5. The van der Waals surface area contributed by atoms with Gasteiger partial charge in [0, 0.05) is 27.9 Å². The van der Waals surface area contributed by atoms with Crippen LogP contribution in [0.5, 0.6) is 0 Å². The van der Waals surface area contributed by atoms with E-state index in [2.05, 4.69) is 10.1 Å². The number of halogens is 1. The van der Waals surface area contributed by atoms with E-state index in [0.29, 0.717) is 33.9 Å². The Labute approximate surface area is 160 Å². The summed E-state index contributed by atoms with van der Waals surface area (Å²) in [7, 11) is 0. The molecule has 0 saturated heterocycles. The topological polar surface area (TPSA) is 59.2 Å². The fraction of sp³-hybridized carbons (Fsp3) is 0.316. The lowest BCUT2D eigenvalue weighted by Gasteiger charge is -2.29. The number of benzene rings is 1. The van der Waals surface area contributed by atoms with Crippen LogP contribution < -0.4 is 4.90 Å². The predicted octanol–water partition coefficient (Wildman–Crippen LogP) is 5.06. The van der Waals surface area contributed by atoms with Crippen molar-refractivity contribution in [2.45, 2.75) is 31.6 Å². The van der Waals surface area contributed by atoms with Crippen molar-refractivity contribution in [2.75, 3.05) is 17.2 Å². The average molecular weight is 388 g/mol. The van der Waals surface area contributed by atoms with Crippen LogP contribution in [0.1, 0.15) is 41.5 Å². The second-order valence-corrected chi connectivity index (χ2v) is 8.19. The number of carbonyl (C=O) groups excluding carboxylic acids is 1. The number of carbonyl (C=O) groups is 1. The lowest BCUT2D eigenvalue weighted by atomic mass is 10.0. The van der Waals surface area contributed by atoms with E-state index in [1.54, 1.807) is 16.7 Å². The Morgan fingerprint density at radius 1 is 1.35 bits per heavy atom. The first kappa shape index (κ1) is 17.4. The van der Waals surface area contributed by atoms with Gasteiger partial charge in [0.25, 0.3) is 11.6 Å². The molecule has 5 nitrogen and oxygen atoms in total. The number of thioether (sulfide) groups is 1. The average Bonchev–Trinajstić information content (AvgIpc) is 3.01. The van der Waals surface area contributed by atoms with Crippen molar-refractivity contribution < 1.29 is 9.32 Å². The minimum Gasteiger partial charge on any atom is -0.336 e. The molecule has 0 bridgehead atoms. The summed E-state index contributed by atoms with van der Waals surface area (Å²) in [4.78, 5) is 20.9. The zero-order valence-electron chi connectivity index (χ0n) is 14.7. The molecular weight excluding hydrogens is 370 g/mol. The lowest BCUT2D eigenvalue weighted by molar-refractivity contribution is 0.0989. The Bertz CT molecular complexity index is 1020. The number of aryl methyl sites for hydroxylation is 1. The molecule has 0 N–H and O–H groups in total. The van der Waals surface area contributed by atoms with Gasteiger partial charge >= 0.3 is 0 Å². The molecule has 1 amide bonds. The Balaban J connectivity index is 1.88. The molecule has 0 spiro atoms. The SMILES string of the molecule is Cc1noc2nc(C(C)C)cc(C(=O)N3CCSc4ccc(Cl)cc43)c12. The van der Waals surface area contributed by atoms with Gasteiger partial charge < -0.3 is 9.42 Å². The monoisotopic (exact) mass is 387 g/mol. The van der Waals surface area contributed by atoms with E-state index in [4.69, 9.17) is 16.1 Å². The third kappa shape index (κ3) is 2.87. The van der Waals surface area contributed by atoms with E-state index < -0.39 is 0 Å². The van der Waals surface area contributed by atoms with Gasteiger partial charge in [0.1, 0.15) is 0 Å². The molecule has 0 radical (unpaired) electrons. The van der Waals surface area contributed by atoms with E-state index in [1.807, 2.05) is 45.0 Å². The zero-order chi connectivity index (χ0) is 18.4. The molecule has 26 heavy (non-hydrogen) atoms. The molecule has 0 atom stereocenters. The van der Waals surface area contributed by atoms with Crippen LogP contribution in [0.15, 0.2) is 33.7 Å². The minimum atomic E-state index is -0.0746. The lowest BCUT2D eigenvalue weighted by Crippen LogP contribution is -2.35. The van der Waals surface area contributed by atoms with Crippen molar-refractivity contribution in [3.63, 3.8) is 0 Å². The maximum Gasteiger partial charge on any atom is 0.259 e. The summed E-state index contributed by atoms with van der Waals surface area (Å²) in [5.41, 5.74) is 3.33. The second-order valence-electron chi connectivity index (χ2n) is 6.61. The normalized spacial score (nSPS) is 14.1. The van der Waals surface area contributed by atoms with Crippen LogP contribution in [0.2, 0.25) is 5.02 Å². The van der Waals surface area contributed by atoms with Gasteiger partial charge in [-0.25, -0.2) is 4.98 Å². The summed E-state index contributed by atoms with van der Waals surface area (Å²) in [6.45, 7) is 6.54. The number of nitrogens with zero attached hydrogens (tertiary/aromatic N) is 3. The molecule has 0 fully saturated rings. The molecule has 4 rings (SSSR count). The van der Waals surface area contributed by atoms with E-state index in [0.717, 1.165) is 22.0 Å². The summed E-state index contributed by atoms with van der Waals surface area (Å²) < 4.78 is 5.35. The molecule has 3 heterocycles. The van der Waals surface area contributed by atoms with Crippen molar-refractivity contribution in [3.8, 4) is 0 Å². The van der Waals surface area contributed by atoms with Crippen LogP contribution >= 0.6 is 23.4 Å². The van der Waals surface area contributed by atoms with Gasteiger partial charge in [-0.3, -0.25) is 4.79 Å². The number of aromatic nitrogens is 2. The first-order valence-electron chi connectivity index (χ1n) is 8.47. The molecule has 0 unspecified atom stereocenters. The first-order chi connectivity index (χ1) is 12.5. The Morgan fingerprint density at radius 2 is 2.15 bits per heavy atom.